The van der Waals surface area contributed by atoms with E-state index in [1.54, 1.807) is 0 Å². The van der Waals surface area contributed by atoms with Gasteiger partial charge in [-0.2, -0.15) is 0 Å². The maximum atomic E-state index is 5.86. The number of aromatic nitrogens is 1. The van der Waals surface area contributed by atoms with Gasteiger partial charge in [0.1, 0.15) is 0 Å². The van der Waals surface area contributed by atoms with E-state index in [1.165, 1.54) is 5.56 Å². The van der Waals surface area contributed by atoms with Gasteiger partial charge < -0.3 is 5.73 Å². The van der Waals surface area contributed by atoms with Gasteiger partial charge in [0, 0.05) is 37.6 Å². The normalized spacial score (nSPS) is 22.9. The van der Waals surface area contributed by atoms with Crippen molar-refractivity contribution in [3.63, 3.8) is 0 Å². The minimum absolute atomic E-state index is 0.368. The molecule has 1 atom stereocenters. The third-order valence-electron chi connectivity index (χ3n) is 2.82. The highest BCUT2D eigenvalue weighted by atomic mass is 15.2. The average Bonchev–Trinajstić information content (AvgIpc) is 2.56. The lowest BCUT2D eigenvalue weighted by Gasteiger charge is -2.15. The fraction of sp³-hybridized carbons (Fsp3) is 0.545. The van der Waals surface area contributed by atoms with Crippen molar-refractivity contribution in [3.8, 4) is 0 Å². The lowest BCUT2D eigenvalue weighted by Crippen LogP contribution is -2.26. The van der Waals surface area contributed by atoms with Crippen molar-refractivity contribution in [2.75, 3.05) is 13.1 Å². The van der Waals surface area contributed by atoms with E-state index in [-0.39, 0.29) is 0 Å². The largest absolute Gasteiger partial charge is 0.326 e. The standard InChI is InChI=1S/C11H17N3/c1-9-10(3-2-5-13-9)7-14-6-4-11(12)8-14/h2-3,5,11H,4,6-8,12H2,1H3/t11-/m1/s1. The van der Waals surface area contributed by atoms with Gasteiger partial charge in [0.15, 0.2) is 0 Å². The van der Waals surface area contributed by atoms with Crippen molar-refractivity contribution in [2.24, 2.45) is 5.73 Å². The Labute approximate surface area is 84.9 Å². The summed E-state index contributed by atoms with van der Waals surface area (Å²) < 4.78 is 0. The first-order valence-electron chi connectivity index (χ1n) is 5.14. The Kier molecular flexibility index (Phi) is 2.79. The monoisotopic (exact) mass is 191 g/mol. The molecule has 2 N–H and O–H groups in total. The number of pyridine rings is 1. The van der Waals surface area contributed by atoms with Crippen LogP contribution in [0.2, 0.25) is 0 Å². The molecule has 0 aromatic carbocycles. The highest BCUT2D eigenvalue weighted by molar-refractivity contribution is 5.18. The van der Waals surface area contributed by atoms with Crippen LogP contribution in [-0.4, -0.2) is 29.0 Å². The van der Waals surface area contributed by atoms with E-state index in [0.717, 1.165) is 31.7 Å². The summed E-state index contributed by atoms with van der Waals surface area (Å²) in [4.78, 5) is 6.68. The van der Waals surface area contributed by atoms with Crippen LogP contribution in [0.1, 0.15) is 17.7 Å². The lowest BCUT2D eigenvalue weighted by molar-refractivity contribution is 0.325. The van der Waals surface area contributed by atoms with Crippen molar-refractivity contribution < 1.29 is 0 Å². The smallest absolute Gasteiger partial charge is 0.0417 e. The fourth-order valence-electron chi connectivity index (χ4n) is 1.93. The quantitative estimate of drug-likeness (QED) is 0.756. The molecule has 76 valence electrons. The molecular weight excluding hydrogens is 174 g/mol. The second-order valence-corrected chi connectivity index (χ2v) is 4.03. The molecule has 0 unspecified atom stereocenters. The number of hydrogen-bond acceptors (Lipinski definition) is 3. The summed E-state index contributed by atoms with van der Waals surface area (Å²) in [6.45, 7) is 5.20. The Balaban J connectivity index is 2.01. The summed E-state index contributed by atoms with van der Waals surface area (Å²) in [5.74, 6) is 0. The van der Waals surface area contributed by atoms with Crippen molar-refractivity contribution in [2.45, 2.75) is 25.9 Å². The van der Waals surface area contributed by atoms with Crippen LogP contribution in [0.3, 0.4) is 0 Å². The minimum atomic E-state index is 0.368. The Morgan fingerprint density at radius 2 is 2.50 bits per heavy atom. The molecule has 14 heavy (non-hydrogen) atoms. The zero-order chi connectivity index (χ0) is 9.97. The zero-order valence-electron chi connectivity index (χ0n) is 8.61. The van der Waals surface area contributed by atoms with Gasteiger partial charge in [-0.15, -0.1) is 0 Å². The number of rotatable bonds is 2. The summed E-state index contributed by atoms with van der Waals surface area (Å²) in [7, 11) is 0. The molecule has 0 spiro atoms. The predicted octanol–water partition coefficient (Wildman–Crippen LogP) is 0.923. The Morgan fingerprint density at radius 1 is 1.64 bits per heavy atom. The molecule has 0 saturated carbocycles. The van der Waals surface area contributed by atoms with Crippen molar-refractivity contribution in [1.82, 2.24) is 9.88 Å². The molecule has 1 fully saturated rings. The van der Waals surface area contributed by atoms with Gasteiger partial charge >= 0.3 is 0 Å². The van der Waals surface area contributed by atoms with Crippen LogP contribution in [0.15, 0.2) is 18.3 Å². The maximum Gasteiger partial charge on any atom is 0.0417 e. The molecule has 1 aliphatic heterocycles. The molecule has 1 aliphatic rings. The van der Waals surface area contributed by atoms with Gasteiger partial charge in [-0.3, -0.25) is 9.88 Å². The van der Waals surface area contributed by atoms with Crippen molar-refractivity contribution >= 4 is 0 Å². The van der Waals surface area contributed by atoms with Gasteiger partial charge in [0.2, 0.25) is 0 Å². The molecule has 3 nitrogen and oxygen atoms in total. The summed E-state index contributed by atoms with van der Waals surface area (Å²) in [5, 5.41) is 0. The van der Waals surface area contributed by atoms with E-state index in [2.05, 4.69) is 22.9 Å². The van der Waals surface area contributed by atoms with Gasteiger partial charge in [-0.1, -0.05) is 6.07 Å². The summed E-state index contributed by atoms with van der Waals surface area (Å²) in [6, 6.07) is 4.51. The lowest BCUT2D eigenvalue weighted by atomic mass is 10.2. The first-order valence-corrected chi connectivity index (χ1v) is 5.14. The summed E-state index contributed by atoms with van der Waals surface area (Å²) in [6.07, 6.45) is 2.97. The minimum Gasteiger partial charge on any atom is -0.326 e. The maximum absolute atomic E-state index is 5.86. The number of aryl methyl sites for hydroxylation is 1. The van der Waals surface area contributed by atoms with Crippen LogP contribution < -0.4 is 5.73 Å². The van der Waals surface area contributed by atoms with Crippen LogP contribution in [-0.2, 0) is 6.54 Å². The van der Waals surface area contributed by atoms with Crippen LogP contribution >= 0.6 is 0 Å². The Hall–Kier alpha value is -0.930. The highest BCUT2D eigenvalue weighted by Gasteiger charge is 2.19. The van der Waals surface area contributed by atoms with E-state index in [9.17, 15) is 0 Å². The molecule has 0 bridgehead atoms. The second-order valence-electron chi connectivity index (χ2n) is 4.03. The number of nitrogens with two attached hydrogens (primary N) is 1. The average molecular weight is 191 g/mol. The van der Waals surface area contributed by atoms with E-state index in [4.69, 9.17) is 5.73 Å². The third kappa shape index (κ3) is 2.11. The fourth-order valence-corrected chi connectivity index (χ4v) is 1.93. The van der Waals surface area contributed by atoms with Gasteiger partial charge in [0.25, 0.3) is 0 Å². The molecule has 1 aromatic heterocycles. The second kappa shape index (κ2) is 4.07. The van der Waals surface area contributed by atoms with Crippen molar-refractivity contribution in [3.05, 3.63) is 29.6 Å². The summed E-state index contributed by atoms with van der Waals surface area (Å²) in [5.41, 5.74) is 8.31. The first kappa shape index (κ1) is 9.62. The van der Waals surface area contributed by atoms with Gasteiger partial charge in [-0.05, 0) is 25.0 Å². The number of hydrogen-bond donors (Lipinski definition) is 1. The van der Waals surface area contributed by atoms with E-state index >= 15 is 0 Å². The molecular formula is C11H17N3. The van der Waals surface area contributed by atoms with Crippen LogP contribution in [0.25, 0.3) is 0 Å². The third-order valence-corrected chi connectivity index (χ3v) is 2.82. The van der Waals surface area contributed by atoms with Gasteiger partial charge in [-0.25, -0.2) is 0 Å². The molecule has 3 heteroatoms. The molecule has 0 aliphatic carbocycles. The number of likely N-dealkylation sites (tertiary alicyclic amines) is 1. The van der Waals surface area contributed by atoms with Crippen LogP contribution in [0.5, 0.6) is 0 Å². The van der Waals surface area contributed by atoms with Crippen LogP contribution in [0, 0.1) is 6.92 Å². The van der Waals surface area contributed by atoms with E-state index in [0.29, 0.717) is 6.04 Å². The van der Waals surface area contributed by atoms with Crippen LogP contribution in [0.4, 0.5) is 0 Å². The van der Waals surface area contributed by atoms with Gasteiger partial charge in [0.05, 0.1) is 0 Å². The first-order chi connectivity index (χ1) is 6.75. The van der Waals surface area contributed by atoms with E-state index < -0.39 is 0 Å². The predicted molar refractivity (Wildman–Crippen MR) is 56.8 cm³/mol. The SMILES string of the molecule is Cc1ncccc1CN1CC[C@@H](N)C1. The van der Waals surface area contributed by atoms with E-state index in [1.807, 2.05) is 12.3 Å². The molecule has 0 amide bonds. The van der Waals surface area contributed by atoms with Crippen molar-refractivity contribution in [1.29, 1.82) is 0 Å². The molecule has 0 radical (unpaired) electrons. The molecule has 2 heterocycles. The topological polar surface area (TPSA) is 42.2 Å². The highest BCUT2D eigenvalue weighted by Crippen LogP contribution is 2.13. The molecule has 1 saturated heterocycles. The zero-order valence-corrected chi connectivity index (χ0v) is 8.61. The number of nitrogens with zero attached hydrogens (tertiary/aromatic N) is 2. The molecule has 1 aromatic rings. The Morgan fingerprint density at radius 3 is 3.14 bits per heavy atom. The summed E-state index contributed by atoms with van der Waals surface area (Å²) >= 11 is 0. The molecule has 2 rings (SSSR count). The Bertz CT molecular complexity index is 311.